The molecule has 2 nitrogen and oxygen atoms in total. The van der Waals surface area contributed by atoms with E-state index < -0.39 is 0 Å². The second-order valence-corrected chi connectivity index (χ2v) is 6.21. The van der Waals surface area contributed by atoms with Crippen molar-refractivity contribution in [2.75, 3.05) is 26.2 Å². The van der Waals surface area contributed by atoms with Crippen molar-refractivity contribution >= 4 is 11.3 Å². The summed E-state index contributed by atoms with van der Waals surface area (Å²) in [5, 5.41) is 5.74. The van der Waals surface area contributed by atoms with E-state index in [-0.39, 0.29) is 0 Å². The van der Waals surface area contributed by atoms with Crippen molar-refractivity contribution in [1.29, 1.82) is 0 Å². The van der Waals surface area contributed by atoms with E-state index >= 15 is 0 Å². The Labute approximate surface area is 115 Å². The lowest BCUT2D eigenvalue weighted by Crippen LogP contribution is -2.42. The van der Waals surface area contributed by atoms with E-state index in [1.165, 1.54) is 50.1 Å². The summed E-state index contributed by atoms with van der Waals surface area (Å²) < 4.78 is 0. The van der Waals surface area contributed by atoms with E-state index in [1.807, 2.05) is 11.3 Å². The zero-order valence-electron chi connectivity index (χ0n) is 11.5. The maximum Gasteiger partial charge on any atom is 0.0110 e. The second kappa shape index (κ2) is 7.93. The van der Waals surface area contributed by atoms with Crippen LogP contribution in [0.5, 0.6) is 0 Å². The molecule has 3 heteroatoms. The van der Waals surface area contributed by atoms with Crippen LogP contribution >= 0.6 is 11.3 Å². The van der Waals surface area contributed by atoms with Gasteiger partial charge in [-0.3, -0.25) is 4.90 Å². The SMILES string of the molecule is CCC1CCCCN1CCNCCc1cccs1. The maximum atomic E-state index is 3.58. The van der Waals surface area contributed by atoms with E-state index in [2.05, 4.69) is 34.7 Å². The number of nitrogens with one attached hydrogen (secondary N) is 1. The van der Waals surface area contributed by atoms with E-state index in [1.54, 1.807) is 0 Å². The monoisotopic (exact) mass is 266 g/mol. The third kappa shape index (κ3) is 4.38. The predicted octanol–water partition coefficient (Wildman–Crippen LogP) is 3.14. The van der Waals surface area contributed by atoms with Crippen molar-refractivity contribution in [3.05, 3.63) is 22.4 Å². The normalized spacial score (nSPS) is 21.3. The molecule has 1 aliphatic rings. The average molecular weight is 266 g/mol. The minimum Gasteiger partial charge on any atom is -0.315 e. The van der Waals surface area contributed by atoms with Gasteiger partial charge in [0.15, 0.2) is 0 Å². The lowest BCUT2D eigenvalue weighted by Gasteiger charge is -2.35. The Morgan fingerprint density at radius 2 is 2.33 bits per heavy atom. The first-order chi connectivity index (χ1) is 8.90. The third-order valence-electron chi connectivity index (χ3n) is 3.92. The predicted molar refractivity (Wildman–Crippen MR) is 80.4 cm³/mol. The Morgan fingerprint density at radius 3 is 3.11 bits per heavy atom. The topological polar surface area (TPSA) is 15.3 Å². The quantitative estimate of drug-likeness (QED) is 0.763. The van der Waals surface area contributed by atoms with Gasteiger partial charge in [0, 0.05) is 30.6 Å². The van der Waals surface area contributed by atoms with Crippen LogP contribution in [0.25, 0.3) is 0 Å². The summed E-state index contributed by atoms with van der Waals surface area (Å²) in [5.41, 5.74) is 0. The minimum absolute atomic E-state index is 0.845. The molecule has 1 saturated heterocycles. The molecule has 2 heterocycles. The van der Waals surface area contributed by atoms with E-state index in [0.29, 0.717) is 0 Å². The van der Waals surface area contributed by atoms with Gasteiger partial charge < -0.3 is 5.32 Å². The summed E-state index contributed by atoms with van der Waals surface area (Å²) in [4.78, 5) is 4.17. The third-order valence-corrected chi connectivity index (χ3v) is 4.86. The van der Waals surface area contributed by atoms with Crippen LogP contribution in [0.15, 0.2) is 17.5 Å². The fourth-order valence-electron chi connectivity index (χ4n) is 2.83. The van der Waals surface area contributed by atoms with Gasteiger partial charge in [-0.25, -0.2) is 0 Å². The molecule has 0 radical (unpaired) electrons. The van der Waals surface area contributed by atoms with Gasteiger partial charge in [-0.1, -0.05) is 19.4 Å². The second-order valence-electron chi connectivity index (χ2n) is 5.17. The molecule has 102 valence electrons. The maximum absolute atomic E-state index is 3.58. The van der Waals surface area contributed by atoms with Crippen LogP contribution in [0.2, 0.25) is 0 Å². The highest BCUT2D eigenvalue weighted by Gasteiger charge is 2.19. The van der Waals surface area contributed by atoms with Crippen molar-refractivity contribution in [2.45, 2.75) is 45.1 Å². The number of nitrogens with zero attached hydrogens (tertiary/aromatic N) is 1. The van der Waals surface area contributed by atoms with Gasteiger partial charge in [0.05, 0.1) is 0 Å². The average Bonchev–Trinajstić information content (AvgIpc) is 2.92. The fourth-order valence-corrected chi connectivity index (χ4v) is 3.54. The van der Waals surface area contributed by atoms with Crippen LogP contribution in [-0.2, 0) is 6.42 Å². The van der Waals surface area contributed by atoms with Crippen molar-refractivity contribution < 1.29 is 0 Å². The molecule has 1 atom stereocenters. The van der Waals surface area contributed by atoms with Gasteiger partial charge in [-0.15, -0.1) is 11.3 Å². The van der Waals surface area contributed by atoms with Crippen molar-refractivity contribution in [2.24, 2.45) is 0 Å². The number of rotatable bonds is 7. The molecule has 0 bridgehead atoms. The highest BCUT2D eigenvalue weighted by atomic mass is 32.1. The fraction of sp³-hybridized carbons (Fsp3) is 0.733. The molecule has 2 rings (SSSR count). The summed E-state index contributed by atoms with van der Waals surface area (Å²) in [6, 6.07) is 5.21. The highest BCUT2D eigenvalue weighted by Crippen LogP contribution is 2.18. The lowest BCUT2D eigenvalue weighted by atomic mass is 10.0. The van der Waals surface area contributed by atoms with Crippen LogP contribution in [0.3, 0.4) is 0 Å². The molecule has 0 saturated carbocycles. The smallest absolute Gasteiger partial charge is 0.0110 e. The van der Waals surface area contributed by atoms with Gasteiger partial charge in [-0.2, -0.15) is 0 Å². The molecule has 1 aliphatic heterocycles. The summed E-state index contributed by atoms with van der Waals surface area (Å²) in [6.07, 6.45) is 6.72. The highest BCUT2D eigenvalue weighted by molar-refractivity contribution is 7.09. The summed E-state index contributed by atoms with van der Waals surface area (Å²) in [5.74, 6) is 0. The lowest BCUT2D eigenvalue weighted by molar-refractivity contribution is 0.145. The Balaban J connectivity index is 1.57. The van der Waals surface area contributed by atoms with Crippen LogP contribution in [0.4, 0.5) is 0 Å². The zero-order valence-corrected chi connectivity index (χ0v) is 12.3. The molecule has 1 fully saturated rings. The first kappa shape index (κ1) is 14.0. The molecule has 0 amide bonds. The summed E-state index contributed by atoms with van der Waals surface area (Å²) in [6.45, 7) is 7.12. The van der Waals surface area contributed by atoms with Crippen LogP contribution in [0.1, 0.15) is 37.5 Å². The Morgan fingerprint density at radius 1 is 1.39 bits per heavy atom. The van der Waals surface area contributed by atoms with Gasteiger partial charge in [0.2, 0.25) is 0 Å². The first-order valence-corrected chi connectivity index (χ1v) is 8.25. The van der Waals surface area contributed by atoms with Crippen molar-refractivity contribution in [1.82, 2.24) is 10.2 Å². The summed E-state index contributed by atoms with van der Waals surface area (Å²) >= 11 is 1.86. The van der Waals surface area contributed by atoms with Gasteiger partial charge >= 0.3 is 0 Å². The minimum atomic E-state index is 0.845. The van der Waals surface area contributed by atoms with E-state index in [9.17, 15) is 0 Å². The number of piperidine rings is 1. The molecule has 1 N–H and O–H groups in total. The number of hydrogen-bond donors (Lipinski definition) is 1. The molecule has 0 aromatic carbocycles. The van der Waals surface area contributed by atoms with Gasteiger partial charge in [0.25, 0.3) is 0 Å². The Bertz CT molecular complexity index is 310. The van der Waals surface area contributed by atoms with Crippen LogP contribution in [0, 0.1) is 0 Å². The van der Waals surface area contributed by atoms with Crippen molar-refractivity contribution in [3.63, 3.8) is 0 Å². The zero-order chi connectivity index (χ0) is 12.6. The van der Waals surface area contributed by atoms with E-state index in [4.69, 9.17) is 0 Å². The molecule has 1 aromatic rings. The Hall–Kier alpha value is -0.380. The molecular formula is C15H26N2S. The van der Waals surface area contributed by atoms with Crippen LogP contribution < -0.4 is 5.32 Å². The molecule has 0 aliphatic carbocycles. The number of hydrogen-bond acceptors (Lipinski definition) is 3. The van der Waals surface area contributed by atoms with Crippen LogP contribution in [-0.4, -0.2) is 37.1 Å². The molecule has 0 spiro atoms. The largest absolute Gasteiger partial charge is 0.315 e. The van der Waals surface area contributed by atoms with E-state index in [0.717, 1.165) is 19.1 Å². The number of thiophene rings is 1. The van der Waals surface area contributed by atoms with Crippen molar-refractivity contribution in [3.8, 4) is 0 Å². The molecule has 18 heavy (non-hydrogen) atoms. The molecule has 1 unspecified atom stereocenters. The standard InChI is InChI=1S/C15H26N2S/c1-2-14-6-3-4-11-17(14)12-10-16-9-8-15-7-5-13-18-15/h5,7,13-14,16H,2-4,6,8-12H2,1H3. The number of likely N-dealkylation sites (tertiary alicyclic amines) is 1. The molecule has 1 aromatic heterocycles. The Kier molecular flexibility index (Phi) is 6.18. The van der Waals surface area contributed by atoms with Gasteiger partial charge in [0.1, 0.15) is 0 Å². The summed E-state index contributed by atoms with van der Waals surface area (Å²) in [7, 11) is 0. The first-order valence-electron chi connectivity index (χ1n) is 7.37. The van der Waals surface area contributed by atoms with Gasteiger partial charge in [-0.05, 0) is 43.7 Å². The molecular weight excluding hydrogens is 240 g/mol.